The molecule has 0 spiro atoms. The molecule has 0 bridgehead atoms. The summed E-state index contributed by atoms with van der Waals surface area (Å²) in [5, 5.41) is 3.27. The van der Waals surface area contributed by atoms with Gasteiger partial charge in [0, 0.05) is 25.2 Å². The van der Waals surface area contributed by atoms with Gasteiger partial charge in [0.15, 0.2) is 11.5 Å². The van der Waals surface area contributed by atoms with Crippen LogP contribution in [0.15, 0.2) is 22.6 Å². The van der Waals surface area contributed by atoms with Crippen molar-refractivity contribution in [3.8, 4) is 0 Å². The maximum absolute atomic E-state index is 12.3. The first kappa shape index (κ1) is 13.9. The first-order valence-corrected chi connectivity index (χ1v) is 7.62. The van der Waals surface area contributed by atoms with Crippen molar-refractivity contribution in [2.24, 2.45) is 0 Å². The van der Waals surface area contributed by atoms with Gasteiger partial charge in [-0.3, -0.25) is 4.79 Å². The van der Waals surface area contributed by atoms with Crippen LogP contribution < -0.4 is 5.32 Å². The van der Waals surface area contributed by atoms with Crippen LogP contribution in [0, 0.1) is 0 Å². The quantitative estimate of drug-likeness (QED) is 0.939. The molecule has 3 rings (SSSR count). The number of aromatic nitrogens is 1. The van der Waals surface area contributed by atoms with E-state index in [-0.39, 0.29) is 11.9 Å². The van der Waals surface area contributed by atoms with Gasteiger partial charge in [-0.15, -0.1) is 0 Å². The van der Waals surface area contributed by atoms with E-state index >= 15 is 0 Å². The molecule has 1 saturated heterocycles. The van der Waals surface area contributed by atoms with Gasteiger partial charge in [0.2, 0.25) is 5.91 Å². The van der Waals surface area contributed by atoms with Crippen molar-refractivity contribution in [1.29, 1.82) is 0 Å². The second kappa shape index (κ2) is 5.76. The lowest BCUT2D eigenvalue weighted by Gasteiger charge is -2.21. The van der Waals surface area contributed by atoms with E-state index in [0.29, 0.717) is 0 Å². The van der Waals surface area contributed by atoms with Crippen molar-refractivity contribution in [2.75, 3.05) is 18.4 Å². The number of benzene rings is 1. The summed E-state index contributed by atoms with van der Waals surface area (Å²) in [7, 11) is 0. The smallest absolute Gasteiger partial charge is 0.244 e. The molecule has 5 heteroatoms. The summed E-state index contributed by atoms with van der Waals surface area (Å²) in [5.74, 6) is 0.908. The van der Waals surface area contributed by atoms with Gasteiger partial charge < -0.3 is 14.6 Å². The third-order valence-corrected chi connectivity index (χ3v) is 3.91. The van der Waals surface area contributed by atoms with Gasteiger partial charge in [0.05, 0.1) is 0 Å². The molecule has 21 heavy (non-hydrogen) atoms. The summed E-state index contributed by atoms with van der Waals surface area (Å²) >= 11 is 0. The van der Waals surface area contributed by atoms with E-state index in [1.54, 1.807) is 0 Å². The van der Waals surface area contributed by atoms with Gasteiger partial charge in [0.25, 0.3) is 0 Å². The number of amides is 1. The zero-order chi connectivity index (χ0) is 14.8. The topological polar surface area (TPSA) is 58.4 Å². The highest BCUT2D eigenvalue weighted by Gasteiger charge is 2.23. The predicted molar refractivity (Wildman–Crippen MR) is 82.3 cm³/mol. The number of likely N-dealkylation sites (tertiary alicyclic amines) is 1. The molecule has 5 nitrogen and oxygen atoms in total. The van der Waals surface area contributed by atoms with Gasteiger partial charge in [-0.05, 0) is 38.0 Å². The summed E-state index contributed by atoms with van der Waals surface area (Å²) in [6.45, 7) is 5.69. The van der Waals surface area contributed by atoms with E-state index in [1.165, 1.54) is 0 Å². The van der Waals surface area contributed by atoms with Crippen LogP contribution in [-0.4, -0.2) is 34.9 Å². The number of carbonyl (C=O) groups excluding carboxylic acids is 1. The van der Waals surface area contributed by atoms with E-state index in [9.17, 15) is 4.79 Å². The first-order chi connectivity index (χ1) is 10.2. The maximum Gasteiger partial charge on any atom is 0.244 e. The van der Waals surface area contributed by atoms with Gasteiger partial charge in [-0.2, -0.15) is 0 Å². The Kier molecular flexibility index (Phi) is 3.82. The zero-order valence-electron chi connectivity index (χ0n) is 12.6. The minimum atomic E-state index is -0.224. The van der Waals surface area contributed by atoms with Crippen molar-refractivity contribution < 1.29 is 9.21 Å². The lowest BCUT2D eigenvalue weighted by atomic mass is 10.2. The number of fused-ring (bicyclic) bond motifs is 1. The number of rotatable bonds is 4. The Labute approximate surface area is 124 Å². The second-order valence-corrected chi connectivity index (χ2v) is 5.54. The molecule has 1 aromatic carbocycles. The number of oxazole rings is 1. The van der Waals surface area contributed by atoms with E-state index in [2.05, 4.69) is 10.3 Å². The number of hydrogen-bond acceptors (Lipinski definition) is 4. The Morgan fingerprint density at radius 1 is 1.43 bits per heavy atom. The first-order valence-electron chi connectivity index (χ1n) is 7.62. The van der Waals surface area contributed by atoms with E-state index in [1.807, 2.05) is 36.9 Å². The van der Waals surface area contributed by atoms with Crippen molar-refractivity contribution in [1.82, 2.24) is 9.88 Å². The second-order valence-electron chi connectivity index (χ2n) is 5.54. The third-order valence-electron chi connectivity index (χ3n) is 3.91. The van der Waals surface area contributed by atoms with Crippen molar-refractivity contribution in [2.45, 2.75) is 39.2 Å². The monoisotopic (exact) mass is 287 g/mol. The number of carbonyl (C=O) groups is 1. The van der Waals surface area contributed by atoms with Crippen LogP contribution in [0.3, 0.4) is 0 Å². The van der Waals surface area contributed by atoms with Crippen molar-refractivity contribution in [3.63, 3.8) is 0 Å². The molecule has 1 aliphatic rings. The fourth-order valence-electron chi connectivity index (χ4n) is 2.74. The van der Waals surface area contributed by atoms with Gasteiger partial charge >= 0.3 is 0 Å². The molecule has 0 unspecified atom stereocenters. The van der Waals surface area contributed by atoms with Crippen LogP contribution in [0.25, 0.3) is 11.1 Å². The fourth-order valence-corrected chi connectivity index (χ4v) is 2.74. The number of hydrogen-bond donors (Lipinski definition) is 1. The van der Waals surface area contributed by atoms with Crippen LogP contribution in [0.4, 0.5) is 5.69 Å². The molecule has 0 aliphatic carbocycles. The Balaban J connectivity index is 1.72. The molecule has 0 radical (unpaired) electrons. The van der Waals surface area contributed by atoms with E-state index in [4.69, 9.17) is 4.42 Å². The minimum Gasteiger partial charge on any atom is -0.441 e. The third kappa shape index (κ3) is 2.86. The number of nitrogens with one attached hydrogen (secondary N) is 1. The molecule has 1 aliphatic heterocycles. The molecular formula is C16H21N3O2. The number of anilines is 1. The fraction of sp³-hybridized carbons (Fsp3) is 0.500. The molecule has 2 aromatic rings. The molecular weight excluding hydrogens is 266 g/mol. The minimum absolute atomic E-state index is 0.169. The van der Waals surface area contributed by atoms with Crippen LogP contribution in [0.2, 0.25) is 0 Å². The summed E-state index contributed by atoms with van der Waals surface area (Å²) in [5.41, 5.74) is 2.52. The normalized spacial score (nSPS) is 16.4. The zero-order valence-corrected chi connectivity index (χ0v) is 12.6. The van der Waals surface area contributed by atoms with Gasteiger partial charge in [0.1, 0.15) is 11.6 Å². The van der Waals surface area contributed by atoms with Crippen molar-refractivity contribution >= 4 is 22.7 Å². The summed E-state index contributed by atoms with van der Waals surface area (Å²) in [6, 6.07) is 5.54. The van der Waals surface area contributed by atoms with Crippen LogP contribution in [0.1, 0.15) is 32.6 Å². The molecule has 1 atom stereocenters. The lowest BCUT2D eigenvalue weighted by molar-refractivity contribution is -0.130. The Morgan fingerprint density at radius 3 is 2.90 bits per heavy atom. The standard InChI is InChI=1S/C16H21N3O2/c1-3-15-18-13-10-12(6-7-14(13)21-15)17-11(2)16(20)19-8-4-5-9-19/h6-7,10-11,17H,3-5,8-9H2,1-2H3/t11-/m0/s1. The molecule has 1 aromatic heterocycles. The van der Waals surface area contributed by atoms with Crippen LogP contribution in [-0.2, 0) is 11.2 Å². The average Bonchev–Trinajstić information content (AvgIpc) is 3.14. The maximum atomic E-state index is 12.3. The van der Waals surface area contributed by atoms with Gasteiger partial charge in [-0.1, -0.05) is 6.92 Å². The Hall–Kier alpha value is -2.04. The molecule has 1 fully saturated rings. The van der Waals surface area contributed by atoms with Crippen LogP contribution in [0.5, 0.6) is 0 Å². The van der Waals surface area contributed by atoms with E-state index in [0.717, 1.165) is 55.0 Å². The Morgan fingerprint density at radius 2 is 2.19 bits per heavy atom. The largest absolute Gasteiger partial charge is 0.441 e. The molecule has 2 heterocycles. The summed E-state index contributed by atoms with van der Waals surface area (Å²) in [4.78, 5) is 18.6. The SMILES string of the molecule is CCc1nc2cc(N[C@@H](C)C(=O)N3CCCC3)ccc2o1. The highest BCUT2D eigenvalue weighted by molar-refractivity contribution is 5.85. The predicted octanol–water partition coefficient (Wildman–Crippen LogP) is 2.81. The average molecular weight is 287 g/mol. The lowest BCUT2D eigenvalue weighted by Crippen LogP contribution is -2.39. The molecule has 112 valence electrons. The summed E-state index contributed by atoms with van der Waals surface area (Å²) < 4.78 is 5.59. The number of aryl methyl sites for hydroxylation is 1. The van der Waals surface area contributed by atoms with E-state index < -0.39 is 0 Å². The molecule has 1 N–H and O–H groups in total. The van der Waals surface area contributed by atoms with Gasteiger partial charge in [-0.25, -0.2) is 4.98 Å². The summed E-state index contributed by atoms with van der Waals surface area (Å²) in [6.07, 6.45) is 3.01. The number of nitrogens with zero attached hydrogens (tertiary/aromatic N) is 2. The van der Waals surface area contributed by atoms with Crippen LogP contribution >= 0.6 is 0 Å². The highest BCUT2D eigenvalue weighted by Crippen LogP contribution is 2.21. The highest BCUT2D eigenvalue weighted by atomic mass is 16.3. The molecule has 1 amide bonds. The Bertz CT molecular complexity index is 644. The molecule has 0 saturated carbocycles. The van der Waals surface area contributed by atoms with Crippen molar-refractivity contribution in [3.05, 3.63) is 24.1 Å².